The molecule has 138 valence electrons. The van der Waals surface area contributed by atoms with Gasteiger partial charge < -0.3 is 15.5 Å². The first-order valence-electron chi connectivity index (χ1n) is 8.82. The molecule has 0 aliphatic heterocycles. The minimum Gasteiger partial charge on any atom is -0.493 e. The molecule has 1 aromatic carbocycles. The monoisotopic (exact) mass is 357 g/mol. The van der Waals surface area contributed by atoms with E-state index in [0.29, 0.717) is 0 Å². The van der Waals surface area contributed by atoms with E-state index in [9.17, 15) is 19.8 Å². The summed E-state index contributed by atoms with van der Waals surface area (Å²) in [5.74, 6) is -1.53. The molecule has 0 unspecified atom stereocenters. The summed E-state index contributed by atoms with van der Waals surface area (Å²) in [4.78, 5) is 23.8. The smallest absolute Gasteiger partial charge is 0.305 e. The highest BCUT2D eigenvalue weighted by Crippen LogP contribution is 2.32. The summed E-state index contributed by atoms with van der Waals surface area (Å²) in [6, 6.07) is 8.13. The van der Waals surface area contributed by atoms with E-state index in [1.54, 1.807) is 6.07 Å². The van der Waals surface area contributed by atoms with Crippen LogP contribution in [0.4, 0.5) is 0 Å². The molecular formula is C19H23N3O4. The Hall–Kier alpha value is -2.83. The van der Waals surface area contributed by atoms with Crippen LogP contribution in [0.1, 0.15) is 65.8 Å². The predicted molar refractivity (Wildman–Crippen MR) is 95.0 cm³/mol. The number of rotatable bonds is 6. The fourth-order valence-corrected chi connectivity index (χ4v) is 3.54. The number of hydrogen-bond acceptors (Lipinski definition) is 4. The Morgan fingerprint density at radius 1 is 1.31 bits per heavy atom. The van der Waals surface area contributed by atoms with Gasteiger partial charge in [0.25, 0.3) is 5.91 Å². The summed E-state index contributed by atoms with van der Waals surface area (Å²) in [5.41, 5.74) is 1.75. The molecule has 7 nitrogen and oxygen atoms in total. The Morgan fingerprint density at radius 2 is 2.00 bits per heavy atom. The minimum atomic E-state index is -1.00. The number of nitrogens with zero attached hydrogens (tertiary/aromatic N) is 2. The number of carbonyl (C=O) groups excluding carboxylic acids is 1. The van der Waals surface area contributed by atoms with Gasteiger partial charge in [-0.1, -0.05) is 37.1 Å². The van der Waals surface area contributed by atoms with Gasteiger partial charge in [-0.2, -0.15) is 5.10 Å². The Bertz CT molecular complexity index is 809. The number of carboxylic acid groups (broad SMARTS) is 1. The van der Waals surface area contributed by atoms with E-state index >= 15 is 0 Å². The van der Waals surface area contributed by atoms with Gasteiger partial charge in [-0.3, -0.25) is 9.59 Å². The zero-order chi connectivity index (χ0) is 18.7. The molecule has 26 heavy (non-hydrogen) atoms. The van der Waals surface area contributed by atoms with Crippen molar-refractivity contribution in [2.45, 2.75) is 51.1 Å². The second-order valence-electron chi connectivity index (χ2n) is 6.75. The molecule has 1 fully saturated rings. The van der Waals surface area contributed by atoms with Crippen LogP contribution in [0.15, 0.2) is 30.3 Å². The zero-order valence-corrected chi connectivity index (χ0v) is 14.7. The highest BCUT2D eigenvalue weighted by atomic mass is 16.4. The largest absolute Gasteiger partial charge is 0.493 e. The van der Waals surface area contributed by atoms with Crippen molar-refractivity contribution in [2.75, 3.05) is 0 Å². The lowest BCUT2D eigenvalue weighted by Gasteiger charge is -2.19. The van der Waals surface area contributed by atoms with Crippen LogP contribution in [0.25, 0.3) is 0 Å². The topological polar surface area (TPSA) is 104 Å². The molecule has 1 aliphatic rings. The summed E-state index contributed by atoms with van der Waals surface area (Å²) >= 11 is 0. The number of aromatic nitrogens is 2. The second-order valence-corrected chi connectivity index (χ2v) is 6.75. The average molecular weight is 357 g/mol. The van der Waals surface area contributed by atoms with Crippen molar-refractivity contribution in [3.63, 3.8) is 0 Å². The molecule has 3 rings (SSSR count). The van der Waals surface area contributed by atoms with Gasteiger partial charge in [0, 0.05) is 6.07 Å². The number of carboxylic acids is 1. The maximum Gasteiger partial charge on any atom is 0.305 e. The van der Waals surface area contributed by atoms with Gasteiger partial charge in [-0.25, -0.2) is 4.68 Å². The summed E-state index contributed by atoms with van der Waals surface area (Å²) in [6.07, 6.45) is 3.80. The lowest BCUT2D eigenvalue weighted by atomic mass is 9.98. The number of benzene rings is 1. The molecular weight excluding hydrogens is 334 g/mol. The Morgan fingerprint density at radius 3 is 2.65 bits per heavy atom. The van der Waals surface area contributed by atoms with E-state index in [2.05, 4.69) is 10.4 Å². The van der Waals surface area contributed by atoms with Crippen LogP contribution in [0.3, 0.4) is 0 Å². The fourth-order valence-electron chi connectivity index (χ4n) is 3.54. The van der Waals surface area contributed by atoms with Crippen LogP contribution in [-0.4, -0.2) is 31.9 Å². The molecule has 0 radical (unpaired) electrons. The van der Waals surface area contributed by atoms with Crippen LogP contribution in [0.5, 0.6) is 5.88 Å². The molecule has 0 bridgehead atoms. The summed E-state index contributed by atoms with van der Waals surface area (Å²) in [7, 11) is 0. The molecule has 1 amide bonds. The van der Waals surface area contributed by atoms with Gasteiger partial charge in [0.1, 0.15) is 0 Å². The maximum atomic E-state index is 12.6. The van der Waals surface area contributed by atoms with Crippen LogP contribution in [-0.2, 0) is 4.79 Å². The van der Waals surface area contributed by atoms with Gasteiger partial charge >= 0.3 is 5.97 Å². The maximum absolute atomic E-state index is 12.6. The van der Waals surface area contributed by atoms with E-state index in [1.807, 2.05) is 25.1 Å². The molecule has 0 saturated heterocycles. The molecule has 0 spiro atoms. The van der Waals surface area contributed by atoms with Crippen molar-refractivity contribution in [3.8, 4) is 5.88 Å². The molecule has 1 aliphatic carbocycles. The Kier molecular flexibility index (Phi) is 5.25. The van der Waals surface area contributed by atoms with Crippen molar-refractivity contribution in [3.05, 3.63) is 47.2 Å². The van der Waals surface area contributed by atoms with Crippen LogP contribution >= 0.6 is 0 Å². The molecule has 1 heterocycles. The minimum absolute atomic E-state index is 0.0345. The number of hydrogen-bond donors (Lipinski definition) is 3. The predicted octanol–water partition coefficient (Wildman–Crippen LogP) is 2.96. The van der Waals surface area contributed by atoms with Crippen molar-refractivity contribution >= 4 is 11.9 Å². The zero-order valence-electron chi connectivity index (χ0n) is 14.7. The first-order chi connectivity index (χ1) is 12.5. The normalized spacial score (nSPS) is 15.7. The molecule has 3 N–H and O–H groups in total. The van der Waals surface area contributed by atoms with Gasteiger partial charge in [0.2, 0.25) is 5.88 Å². The average Bonchev–Trinajstić information content (AvgIpc) is 3.23. The first-order valence-corrected chi connectivity index (χ1v) is 8.82. The number of nitrogens with one attached hydrogen (secondary N) is 1. The molecule has 7 heteroatoms. The highest BCUT2D eigenvalue weighted by molar-refractivity contribution is 5.93. The third-order valence-corrected chi connectivity index (χ3v) is 4.87. The SMILES string of the molecule is Cc1ccccc1[C@H](CC(=O)O)NC(=O)c1cc(O)n(C2CCCC2)n1. The first kappa shape index (κ1) is 18.0. The van der Waals surface area contributed by atoms with E-state index < -0.39 is 17.9 Å². The van der Waals surface area contributed by atoms with E-state index in [0.717, 1.165) is 36.8 Å². The van der Waals surface area contributed by atoms with E-state index in [4.69, 9.17) is 0 Å². The lowest BCUT2D eigenvalue weighted by Crippen LogP contribution is -2.31. The quantitative estimate of drug-likeness (QED) is 0.737. The Labute approximate surface area is 151 Å². The van der Waals surface area contributed by atoms with Gasteiger partial charge in [0.15, 0.2) is 5.69 Å². The molecule has 1 saturated carbocycles. The number of amides is 1. The third-order valence-electron chi connectivity index (χ3n) is 4.87. The molecule has 2 aromatic rings. The standard InChI is InChI=1S/C19H23N3O4/c1-12-6-2-5-9-14(12)15(11-18(24)25)20-19(26)16-10-17(23)22(21-16)13-7-3-4-8-13/h2,5-6,9-10,13,15,23H,3-4,7-8,11H2,1H3,(H,20,26)(H,24,25)/t15-/m0/s1. The fraction of sp³-hybridized carbons (Fsp3) is 0.421. The number of aliphatic carboxylic acids is 1. The van der Waals surface area contributed by atoms with Gasteiger partial charge in [-0.15, -0.1) is 0 Å². The molecule has 1 aromatic heterocycles. The van der Waals surface area contributed by atoms with E-state index in [1.165, 1.54) is 10.7 Å². The molecule has 1 atom stereocenters. The number of carbonyl (C=O) groups is 2. The summed E-state index contributed by atoms with van der Waals surface area (Å²) < 4.78 is 1.50. The van der Waals surface area contributed by atoms with Crippen LogP contribution in [0.2, 0.25) is 0 Å². The summed E-state index contributed by atoms with van der Waals surface area (Å²) in [6.45, 7) is 1.87. The van der Waals surface area contributed by atoms with Crippen molar-refractivity contribution in [2.24, 2.45) is 0 Å². The highest BCUT2D eigenvalue weighted by Gasteiger charge is 2.25. The van der Waals surface area contributed by atoms with Crippen molar-refractivity contribution in [1.29, 1.82) is 0 Å². The van der Waals surface area contributed by atoms with Gasteiger partial charge in [0.05, 0.1) is 18.5 Å². The number of aryl methyl sites for hydroxylation is 1. The summed E-state index contributed by atoms with van der Waals surface area (Å²) in [5, 5.41) is 26.3. The lowest BCUT2D eigenvalue weighted by molar-refractivity contribution is -0.137. The van der Waals surface area contributed by atoms with Crippen LogP contribution < -0.4 is 5.32 Å². The Balaban J connectivity index is 1.80. The van der Waals surface area contributed by atoms with Crippen molar-refractivity contribution in [1.82, 2.24) is 15.1 Å². The van der Waals surface area contributed by atoms with E-state index in [-0.39, 0.29) is 24.0 Å². The van der Waals surface area contributed by atoms with Gasteiger partial charge in [-0.05, 0) is 30.9 Å². The number of aromatic hydroxyl groups is 1. The van der Waals surface area contributed by atoms with Crippen molar-refractivity contribution < 1.29 is 19.8 Å². The van der Waals surface area contributed by atoms with Crippen LogP contribution in [0, 0.1) is 6.92 Å². The third kappa shape index (κ3) is 3.87. The second kappa shape index (κ2) is 7.59.